The molecule has 0 spiro atoms. The summed E-state index contributed by atoms with van der Waals surface area (Å²) in [6.07, 6.45) is 12.2. The maximum absolute atomic E-state index is 10.9. The molecule has 0 saturated heterocycles. The van der Waals surface area contributed by atoms with Gasteiger partial charge in [0.2, 0.25) is 0 Å². The second-order valence-electron chi connectivity index (χ2n) is 4.46. The van der Waals surface area contributed by atoms with Crippen molar-refractivity contribution >= 4 is 6.29 Å². The standard InChI is InChI=1S/C13H19NO/c15-11-13-9-6-10-14(13)12-7-4-2-1-3-5-8-12/h6,9-12H,1-5,7-8H2. The van der Waals surface area contributed by atoms with Crippen LogP contribution in [0.25, 0.3) is 0 Å². The molecule has 0 aromatic carbocycles. The topological polar surface area (TPSA) is 22.0 Å². The molecule has 1 aromatic heterocycles. The minimum Gasteiger partial charge on any atom is -0.342 e. The summed E-state index contributed by atoms with van der Waals surface area (Å²) in [7, 11) is 0. The molecule has 2 nitrogen and oxygen atoms in total. The van der Waals surface area contributed by atoms with Crippen molar-refractivity contribution < 1.29 is 4.79 Å². The van der Waals surface area contributed by atoms with E-state index in [9.17, 15) is 4.79 Å². The van der Waals surface area contributed by atoms with Crippen molar-refractivity contribution in [2.45, 2.75) is 51.0 Å². The van der Waals surface area contributed by atoms with Crippen molar-refractivity contribution in [2.24, 2.45) is 0 Å². The van der Waals surface area contributed by atoms with Gasteiger partial charge in [-0.2, -0.15) is 0 Å². The third-order valence-corrected chi connectivity index (χ3v) is 3.40. The zero-order chi connectivity index (χ0) is 10.5. The molecular weight excluding hydrogens is 186 g/mol. The largest absolute Gasteiger partial charge is 0.342 e. The molecule has 1 aromatic rings. The van der Waals surface area contributed by atoms with Gasteiger partial charge in [0.05, 0.1) is 5.69 Å². The molecule has 15 heavy (non-hydrogen) atoms. The van der Waals surface area contributed by atoms with Crippen molar-refractivity contribution in [3.8, 4) is 0 Å². The lowest BCUT2D eigenvalue weighted by Gasteiger charge is -2.22. The smallest absolute Gasteiger partial charge is 0.166 e. The quantitative estimate of drug-likeness (QED) is 0.676. The van der Waals surface area contributed by atoms with Gasteiger partial charge >= 0.3 is 0 Å². The highest BCUT2D eigenvalue weighted by molar-refractivity contribution is 5.72. The predicted molar refractivity (Wildman–Crippen MR) is 61.2 cm³/mol. The molecule has 82 valence electrons. The van der Waals surface area contributed by atoms with Crippen molar-refractivity contribution in [1.82, 2.24) is 4.57 Å². The Morgan fingerprint density at radius 3 is 2.47 bits per heavy atom. The highest BCUT2D eigenvalue weighted by Crippen LogP contribution is 2.27. The van der Waals surface area contributed by atoms with E-state index in [0.717, 1.165) is 12.0 Å². The summed E-state index contributed by atoms with van der Waals surface area (Å²) in [6.45, 7) is 0. The van der Waals surface area contributed by atoms with Gasteiger partial charge in [-0.3, -0.25) is 4.79 Å². The molecule has 1 saturated carbocycles. The predicted octanol–water partition coefficient (Wildman–Crippen LogP) is 3.59. The molecular formula is C13H19NO. The molecule has 1 aliphatic rings. The fraction of sp³-hybridized carbons (Fsp3) is 0.615. The van der Waals surface area contributed by atoms with Crippen LogP contribution in [0.4, 0.5) is 0 Å². The van der Waals surface area contributed by atoms with Crippen LogP contribution in [0.1, 0.15) is 61.5 Å². The average molecular weight is 205 g/mol. The third-order valence-electron chi connectivity index (χ3n) is 3.40. The number of aldehydes is 1. The molecule has 0 radical (unpaired) electrons. The Bertz CT molecular complexity index is 308. The van der Waals surface area contributed by atoms with Crippen molar-refractivity contribution in [2.75, 3.05) is 0 Å². The minimum absolute atomic E-state index is 0.556. The molecule has 1 aliphatic carbocycles. The highest BCUT2D eigenvalue weighted by Gasteiger charge is 2.14. The Hall–Kier alpha value is -1.05. The molecule has 1 fully saturated rings. The van der Waals surface area contributed by atoms with Crippen molar-refractivity contribution in [1.29, 1.82) is 0 Å². The molecule has 0 N–H and O–H groups in total. The average Bonchev–Trinajstić information content (AvgIpc) is 2.65. The third kappa shape index (κ3) is 2.49. The Labute approximate surface area is 91.3 Å². The molecule has 0 unspecified atom stereocenters. The zero-order valence-electron chi connectivity index (χ0n) is 9.19. The Morgan fingerprint density at radius 1 is 1.13 bits per heavy atom. The van der Waals surface area contributed by atoms with Crippen molar-refractivity contribution in [3.05, 3.63) is 24.0 Å². The molecule has 0 aliphatic heterocycles. The van der Waals surface area contributed by atoms with E-state index in [0.29, 0.717) is 6.04 Å². The van der Waals surface area contributed by atoms with Gasteiger partial charge in [-0.25, -0.2) is 0 Å². The van der Waals surface area contributed by atoms with Crippen LogP contribution in [0.2, 0.25) is 0 Å². The van der Waals surface area contributed by atoms with Gasteiger partial charge in [-0.05, 0) is 25.0 Å². The molecule has 0 atom stereocenters. The van der Waals surface area contributed by atoms with E-state index in [1.807, 2.05) is 12.1 Å². The first-order chi connectivity index (χ1) is 7.42. The van der Waals surface area contributed by atoms with Crippen LogP contribution >= 0.6 is 0 Å². The summed E-state index contributed by atoms with van der Waals surface area (Å²) < 4.78 is 2.16. The molecule has 2 heteroatoms. The first kappa shape index (κ1) is 10.5. The number of hydrogen-bond acceptors (Lipinski definition) is 1. The normalized spacial score (nSPS) is 19.5. The van der Waals surface area contributed by atoms with Crippen molar-refractivity contribution in [3.63, 3.8) is 0 Å². The van der Waals surface area contributed by atoms with E-state index in [1.165, 1.54) is 44.9 Å². The van der Waals surface area contributed by atoms with Crippen LogP contribution in [0, 0.1) is 0 Å². The van der Waals surface area contributed by atoms with E-state index >= 15 is 0 Å². The number of carbonyl (C=O) groups excluding carboxylic acids is 1. The molecule has 0 bridgehead atoms. The highest BCUT2D eigenvalue weighted by atomic mass is 16.1. The summed E-state index contributed by atoms with van der Waals surface area (Å²) in [6, 6.07) is 4.44. The summed E-state index contributed by atoms with van der Waals surface area (Å²) in [5, 5.41) is 0. The maximum atomic E-state index is 10.9. The monoisotopic (exact) mass is 205 g/mol. The van der Waals surface area contributed by atoms with Gasteiger partial charge < -0.3 is 4.57 Å². The van der Waals surface area contributed by atoms with Crippen LogP contribution in [0.5, 0.6) is 0 Å². The summed E-state index contributed by atoms with van der Waals surface area (Å²) >= 11 is 0. The van der Waals surface area contributed by atoms with E-state index in [2.05, 4.69) is 10.8 Å². The van der Waals surface area contributed by atoms with Crippen LogP contribution in [-0.4, -0.2) is 10.9 Å². The van der Waals surface area contributed by atoms with Gasteiger partial charge in [0.1, 0.15) is 0 Å². The van der Waals surface area contributed by atoms with Crippen LogP contribution < -0.4 is 0 Å². The lowest BCUT2D eigenvalue weighted by molar-refractivity contribution is 0.111. The Kier molecular flexibility index (Phi) is 3.59. The van der Waals surface area contributed by atoms with Gasteiger partial charge in [0.15, 0.2) is 6.29 Å². The summed E-state index contributed by atoms with van der Waals surface area (Å²) in [4.78, 5) is 10.9. The Morgan fingerprint density at radius 2 is 1.80 bits per heavy atom. The summed E-state index contributed by atoms with van der Waals surface area (Å²) in [5.74, 6) is 0. The first-order valence-electron chi connectivity index (χ1n) is 6.04. The number of nitrogens with zero attached hydrogens (tertiary/aromatic N) is 1. The fourth-order valence-corrected chi connectivity index (χ4v) is 2.55. The molecule has 0 amide bonds. The van der Waals surface area contributed by atoms with Gasteiger partial charge in [0.25, 0.3) is 0 Å². The van der Waals surface area contributed by atoms with Crippen LogP contribution in [-0.2, 0) is 0 Å². The number of carbonyl (C=O) groups is 1. The SMILES string of the molecule is O=Cc1cccn1C1CCCCCCC1. The number of hydrogen-bond donors (Lipinski definition) is 0. The lowest BCUT2D eigenvalue weighted by Crippen LogP contribution is -2.12. The van der Waals surface area contributed by atoms with E-state index in [1.54, 1.807) is 0 Å². The molecule has 2 rings (SSSR count). The summed E-state index contributed by atoms with van der Waals surface area (Å²) in [5.41, 5.74) is 0.834. The first-order valence-corrected chi connectivity index (χ1v) is 6.04. The van der Waals surface area contributed by atoms with Gasteiger partial charge in [-0.15, -0.1) is 0 Å². The van der Waals surface area contributed by atoms with Gasteiger partial charge in [0, 0.05) is 12.2 Å². The number of aromatic nitrogens is 1. The lowest BCUT2D eigenvalue weighted by atomic mass is 9.96. The van der Waals surface area contributed by atoms with Crippen LogP contribution in [0.15, 0.2) is 18.3 Å². The minimum atomic E-state index is 0.556. The number of rotatable bonds is 2. The second kappa shape index (κ2) is 5.15. The second-order valence-corrected chi connectivity index (χ2v) is 4.46. The van der Waals surface area contributed by atoms with E-state index < -0.39 is 0 Å². The maximum Gasteiger partial charge on any atom is 0.166 e. The Balaban J connectivity index is 2.09. The van der Waals surface area contributed by atoms with Crippen LogP contribution in [0.3, 0.4) is 0 Å². The van der Waals surface area contributed by atoms with Gasteiger partial charge in [-0.1, -0.05) is 32.1 Å². The van der Waals surface area contributed by atoms with E-state index in [-0.39, 0.29) is 0 Å². The fourth-order valence-electron chi connectivity index (χ4n) is 2.55. The van der Waals surface area contributed by atoms with E-state index in [4.69, 9.17) is 0 Å². The zero-order valence-corrected chi connectivity index (χ0v) is 9.19. The molecule has 1 heterocycles.